The highest BCUT2D eigenvalue weighted by Gasteiger charge is 2.35. The maximum Gasteiger partial charge on any atom is 0.329 e. The van der Waals surface area contributed by atoms with Crippen molar-refractivity contribution in [3.05, 3.63) is 32.2 Å². The molecule has 1 saturated heterocycles. The first-order chi connectivity index (χ1) is 13.0. The van der Waals surface area contributed by atoms with Gasteiger partial charge in [0.05, 0.1) is 31.3 Å². The molecule has 2 aromatic rings. The second-order valence-electron chi connectivity index (χ2n) is 6.59. The van der Waals surface area contributed by atoms with Crippen molar-refractivity contribution in [1.29, 1.82) is 0 Å². The number of alkyl halides is 2. The van der Waals surface area contributed by atoms with Crippen molar-refractivity contribution in [2.45, 2.75) is 25.3 Å². The van der Waals surface area contributed by atoms with E-state index >= 15 is 4.39 Å². The van der Waals surface area contributed by atoms with E-state index in [0.717, 1.165) is 0 Å². The van der Waals surface area contributed by atoms with Crippen LogP contribution < -0.4 is 20.9 Å². The number of anilines is 1. The molecule has 10 heteroatoms. The standard InChI is InChI=1S/C17H18F3N3O4/c1-26-14-12-10(16(24)21-17(25)23(12)8-2-3-8)9(15(19)20)11(18)13(14)22-4-6-27-7-5-22/h8,15H,2-7H2,1H3,(H,21,24,25). The van der Waals surface area contributed by atoms with Crippen molar-refractivity contribution in [2.24, 2.45) is 0 Å². The molecule has 0 radical (unpaired) electrons. The summed E-state index contributed by atoms with van der Waals surface area (Å²) in [5, 5.41) is -0.539. The molecule has 1 aliphatic carbocycles. The number of H-pyrrole nitrogens is 1. The highest BCUT2D eigenvalue weighted by atomic mass is 19.3. The van der Waals surface area contributed by atoms with Crippen LogP contribution >= 0.6 is 0 Å². The largest absolute Gasteiger partial charge is 0.492 e. The average molecular weight is 385 g/mol. The number of nitrogens with one attached hydrogen (secondary N) is 1. The summed E-state index contributed by atoms with van der Waals surface area (Å²) >= 11 is 0. The van der Waals surface area contributed by atoms with Crippen molar-refractivity contribution in [3.8, 4) is 5.75 Å². The Balaban J connectivity index is 2.18. The lowest BCUT2D eigenvalue weighted by Gasteiger charge is -2.31. The number of methoxy groups -OCH3 is 1. The third kappa shape index (κ3) is 2.78. The van der Waals surface area contributed by atoms with Crippen molar-refractivity contribution in [1.82, 2.24) is 9.55 Å². The van der Waals surface area contributed by atoms with Crippen LogP contribution in [0.4, 0.5) is 18.9 Å². The summed E-state index contributed by atoms with van der Waals surface area (Å²) in [6.45, 7) is 1.15. The molecule has 0 unspecified atom stereocenters. The van der Waals surface area contributed by atoms with Gasteiger partial charge >= 0.3 is 5.69 Å². The maximum atomic E-state index is 15.2. The fourth-order valence-corrected chi connectivity index (χ4v) is 3.62. The highest BCUT2D eigenvalue weighted by Crippen LogP contribution is 2.45. The maximum absolute atomic E-state index is 15.2. The molecule has 0 amide bonds. The molecule has 4 rings (SSSR count). The number of fused-ring (bicyclic) bond motifs is 1. The van der Waals surface area contributed by atoms with E-state index in [1.165, 1.54) is 11.7 Å². The summed E-state index contributed by atoms with van der Waals surface area (Å²) < 4.78 is 54.7. The lowest BCUT2D eigenvalue weighted by Crippen LogP contribution is -2.38. The van der Waals surface area contributed by atoms with Crippen LogP contribution in [0.5, 0.6) is 5.75 Å². The van der Waals surface area contributed by atoms with E-state index in [1.807, 2.05) is 4.98 Å². The quantitative estimate of drug-likeness (QED) is 0.871. The second kappa shape index (κ2) is 6.59. The van der Waals surface area contributed by atoms with Crippen LogP contribution in [0.2, 0.25) is 0 Å². The van der Waals surface area contributed by atoms with E-state index in [0.29, 0.717) is 26.1 Å². The summed E-state index contributed by atoms with van der Waals surface area (Å²) in [5.74, 6) is -1.29. The Morgan fingerprint density at radius 2 is 1.89 bits per heavy atom. The van der Waals surface area contributed by atoms with E-state index < -0.39 is 34.4 Å². The Hall–Kier alpha value is -2.49. The molecule has 1 aromatic carbocycles. The molecule has 27 heavy (non-hydrogen) atoms. The van der Waals surface area contributed by atoms with Gasteiger partial charge in [-0.15, -0.1) is 0 Å². The molecule has 2 fully saturated rings. The zero-order valence-corrected chi connectivity index (χ0v) is 14.6. The van der Waals surface area contributed by atoms with Crippen LogP contribution in [0.25, 0.3) is 10.9 Å². The zero-order valence-electron chi connectivity index (χ0n) is 14.6. The number of aromatic amines is 1. The van der Waals surface area contributed by atoms with Gasteiger partial charge in [-0.25, -0.2) is 18.0 Å². The first kappa shape index (κ1) is 17.9. The van der Waals surface area contributed by atoms with Crippen molar-refractivity contribution in [3.63, 3.8) is 0 Å². The monoisotopic (exact) mass is 385 g/mol. The molecular weight excluding hydrogens is 367 g/mol. The summed E-state index contributed by atoms with van der Waals surface area (Å²) in [7, 11) is 1.27. The minimum Gasteiger partial charge on any atom is -0.492 e. The van der Waals surface area contributed by atoms with E-state index in [9.17, 15) is 18.4 Å². The zero-order chi connectivity index (χ0) is 19.3. The second-order valence-corrected chi connectivity index (χ2v) is 6.59. The summed E-state index contributed by atoms with van der Waals surface area (Å²) in [4.78, 5) is 28.4. The molecule has 1 aliphatic heterocycles. The Morgan fingerprint density at radius 3 is 2.44 bits per heavy atom. The first-order valence-electron chi connectivity index (χ1n) is 8.64. The van der Waals surface area contributed by atoms with Gasteiger partial charge in [-0.05, 0) is 12.8 Å². The Labute approximate surface area is 151 Å². The van der Waals surface area contributed by atoms with Crippen LogP contribution in [-0.2, 0) is 4.74 Å². The summed E-state index contributed by atoms with van der Waals surface area (Å²) in [6, 6.07) is -0.237. The van der Waals surface area contributed by atoms with Gasteiger partial charge in [0, 0.05) is 19.1 Å². The van der Waals surface area contributed by atoms with Gasteiger partial charge in [-0.1, -0.05) is 0 Å². The smallest absolute Gasteiger partial charge is 0.329 e. The van der Waals surface area contributed by atoms with E-state index in [1.54, 1.807) is 4.90 Å². The molecular formula is C17H18F3N3O4. The molecule has 1 saturated carbocycles. The van der Waals surface area contributed by atoms with Gasteiger partial charge in [0.1, 0.15) is 11.2 Å². The van der Waals surface area contributed by atoms with Gasteiger partial charge in [0.15, 0.2) is 11.6 Å². The molecule has 1 aromatic heterocycles. The molecule has 1 N–H and O–H groups in total. The number of benzene rings is 1. The van der Waals surface area contributed by atoms with Gasteiger partial charge in [-0.2, -0.15) is 0 Å². The van der Waals surface area contributed by atoms with E-state index in [4.69, 9.17) is 9.47 Å². The van der Waals surface area contributed by atoms with Gasteiger partial charge in [0.25, 0.3) is 12.0 Å². The van der Waals surface area contributed by atoms with Crippen LogP contribution in [-0.4, -0.2) is 43.0 Å². The lowest BCUT2D eigenvalue weighted by atomic mass is 10.0. The highest BCUT2D eigenvalue weighted by molar-refractivity contribution is 5.94. The van der Waals surface area contributed by atoms with Crippen LogP contribution in [0.1, 0.15) is 30.9 Å². The molecule has 146 valence electrons. The summed E-state index contributed by atoms with van der Waals surface area (Å²) in [6.07, 6.45) is -1.90. The molecule has 0 atom stereocenters. The molecule has 2 aliphatic rings. The van der Waals surface area contributed by atoms with Gasteiger partial charge < -0.3 is 14.4 Å². The number of rotatable bonds is 4. The SMILES string of the molecule is COc1c(N2CCOCC2)c(F)c(C(F)F)c2c(=O)[nH]c(=O)n(C3CC3)c12. The van der Waals surface area contributed by atoms with Crippen LogP contribution in [0.3, 0.4) is 0 Å². The minimum absolute atomic E-state index is 0.0769. The Kier molecular flexibility index (Phi) is 4.37. The number of morpholine rings is 1. The number of nitrogens with zero attached hydrogens (tertiary/aromatic N) is 2. The van der Waals surface area contributed by atoms with Crippen molar-refractivity contribution in [2.75, 3.05) is 38.3 Å². The molecule has 0 spiro atoms. The van der Waals surface area contributed by atoms with E-state index in [-0.39, 0.29) is 36.1 Å². The third-order valence-corrected chi connectivity index (χ3v) is 4.95. The normalized spacial score (nSPS) is 17.7. The number of ether oxygens (including phenoxy) is 2. The average Bonchev–Trinajstić information content (AvgIpc) is 3.46. The molecule has 2 heterocycles. The Morgan fingerprint density at radius 1 is 1.22 bits per heavy atom. The third-order valence-electron chi connectivity index (χ3n) is 4.95. The fourth-order valence-electron chi connectivity index (χ4n) is 3.62. The minimum atomic E-state index is -3.23. The predicted molar refractivity (Wildman–Crippen MR) is 91.6 cm³/mol. The van der Waals surface area contributed by atoms with Crippen LogP contribution in [0, 0.1) is 5.82 Å². The molecule has 7 nitrogen and oxygen atoms in total. The fraction of sp³-hybridized carbons (Fsp3) is 0.529. The number of hydrogen-bond donors (Lipinski definition) is 1. The van der Waals surface area contributed by atoms with E-state index in [2.05, 4.69) is 0 Å². The van der Waals surface area contributed by atoms with Gasteiger partial charge in [0.2, 0.25) is 0 Å². The van der Waals surface area contributed by atoms with Crippen molar-refractivity contribution >= 4 is 16.6 Å². The van der Waals surface area contributed by atoms with Crippen molar-refractivity contribution < 1.29 is 22.6 Å². The topological polar surface area (TPSA) is 76.6 Å². The number of hydrogen-bond acceptors (Lipinski definition) is 5. The number of halogens is 3. The van der Waals surface area contributed by atoms with Gasteiger partial charge in [-0.3, -0.25) is 14.3 Å². The predicted octanol–water partition coefficient (Wildman–Crippen LogP) is 1.95. The Bertz CT molecular complexity index is 1010. The van der Waals surface area contributed by atoms with Crippen LogP contribution in [0.15, 0.2) is 9.59 Å². The first-order valence-corrected chi connectivity index (χ1v) is 8.64. The number of aromatic nitrogens is 2. The summed E-state index contributed by atoms with van der Waals surface area (Å²) in [5.41, 5.74) is -3.01. The molecule has 0 bridgehead atoms. The lowest BCUT2D eigenvalue weighted by molar-refractivity contribution is 0.122.